The van der Waals surface area contributed by atoms with E-state index in [2.05, 4.69) is 51.8 Å². The summed E-state index contributed by atoms with van der Waals surface area (Å²) >= 11 is 0. The van der Waals surface area contributed by atoms with Gasteiger partial charge in [0.05, 0.1) is 6.61 Å². The van der Waals surface area contributed by atoms with E-state index in [1.165, 1.54) is 12.8 Å². The standard InChI is InChI=1S/C17H38N2O/c1-8-16(9-2)19(10-11-20-7)14-17(5,6)13-18-12-15(3)4/h15-16,18H,8-14H2,1-7H3. The summed E-state index contributed by atoms with van der Waals surface area (Å²) < 4.78 is 5.28. The predicted molar refractivity (Wildman–Crippen MR) is 89.3 cm³/mol. The van der Waals surface area contributed by atoms with Gasteiger partial charge < -0.3 is 10.1 Å². The highest BCUT2D eigenvalue weighted by molar-refractivity contribution is 4.80. The van der Waals surface area contributed by atoms with E-state index in [1.54, 1.807) is 7.11 Å². The second-order valence-electron chi connectivity index (χ2n) is 7.12. The lowest BCUT2D eigenvalue weighted by molar-refractivity contribution is 0.0812. The maximum absolute atomic E-state index is 5.28. The average Bonchev–Trinajstić information content (AvgIpc) is 2.36. The molecule has 3 nitrogen and oxygen atoms in total. The molecule has 0 atom stereocenters. The van der Waals surface area contributed by atoms with Crippen LogP contribution in [-0.4, -0.2) is 50.8 Å². The van der Waals surface area contributed by atoms with Crippen LogP contribution in [0.1, 0.15) is 54.4 Å². The van der Waals surface area contributed by atoms with Gasteiger partial charge in [-0.1, -0.05) is 41.5 Å². The molecule has 0 fully saturated rings. The average molecular weight is 287 g/mol. The quantitative estimate of drug-likeness (QED) is 0.595. The van der Waals surface area contributed by atoms with Crippen LogP contribution in [0.25, 0.3) is 0 Å². The monoisotopic (exact) mass is 286 g/mol. The Kier molecular flexibility index (Phi) is 10.5. The molecule has 0 bridgehead atoms. The Morgan fingerprint density at radius 2 is 1.75 bits per heavy atom. The van der Waals surface area contributed by atoms with Crippen LogP contribution in [0.3, 0.4) is 0 Å². The molecule has 20 heavy (non-hydrogen) atoms. The van der Waals surface area contributed by atoms with Crippen LogP contribution in [0.4, 0.5) is 0 Å². The molecule has 0 aromatic rings. The molecule has 0 amide bonds. The third-order valence-electron chi connectivity index (χ3n) is 3.83. The largest absolute Gasteiger partial charge is 0.383 e. The highest BCUT2D eigenvalue weighted by Crippen LogP contribution is 2.20. The van der Waals surface area contributed by atoms with Gasteiger partial charge in [-0.3, -0.25) is 4.90 Å². The molecule has 0 unspecified atom stereocenters. The first-order chi connectivity index (χ1) is 9.36. The molecule has 0 aliphatic rings. The summed E-state index contributed by atoms with van der Waals surface area (Å²) in [4.78, 5) is 2.61. The van der Waals surface area contributed by atoms with E-state index in [4.69, 9.17) is 4.74 Å². The van der Waals surface area contributed by atoms with Crippen LogP contribution < -0.4 is 5.32 Å². The fourth-order valence-corrected chi connectivity index (χ4v) is 2.71. The van der Waals surface area contributed by atoms with Gasteiger partial charge >= 0.3 is 0 Å². The first kappa shape index (κ1) is 19.9. The summed E-state index contributed by atoms with van der Waals surface area (Å²) in [5, 5.41) is 3.60. The zero-order chi connectivity index (χ0) is 15.6. The molecular formula is C17H38N2O. The molecule has 0 radical (unpaired) electrons. The Bertz CT molecular complexity index is 225. The number of hydrogen-bond acceptors (Lipinski definition) is 3. The molecule has 0 aliphatic heterocycles. The molecule has 0 saturated carbocycles. The van der Waals surface area contributed by atoms with Gasteiger partial charge in [-0.05, 0) is 30.7 Å². The molecule has 122 valence electrons. The Morgan fingerprint density at radius 3 is 2.20 bits per heavy atom. The number of hydrogen-bond donors (Lipinski definition) is 1. The molecular weight excluding hydrogens is 248 g/mol. The first-order valence-electron chi connectivity index (χ1n) is 8.30. The van der Waals surface area contributed by atoms with Gasteiger partial charge in [0, 0.05) is 32.8 Å². The van der Waals surface area contributed by atoms with Crippen molar-refractivity contribution in [2.75, 3.05) is 39.9 Å². The van der Waals surface area contributed by atoms with E-state index >= 15 is 0 Å². The molecule has 0 heterocycles. The molecule has 0 aromatic heterocycles. The van der Waals surface area contributed by atoms with Crippen molar-refractivity contribution < 1.29 is 4.74 Å². The van der Waals surface area contributed by atoms with E-state index < -0.39 is 0 Å². The van der Waals surface area contributed by atoms with Gasteiger partial charge in [-0.25, -0.2) is 0 Å². The number of nitrogens with one attached hydrogen (secondary N) is 1. The minimum absolute atomic E-state index is 0.297. The van der Waals surface area contributed by atoms with E-state index in [1.807, 2.05) is 0 Å². The fourth-order valence-electron chi connectivity index (χ4n) is 2.71. The summed E-state index contributed by atoms with van der Waals surface area (Å²) in [6, 6.07) is 0.675. The first-order valence-corrected chi connectivity index (χ1v) is 8.30. The van der Waals surface area contributed by atoms with Gasteiger partial charge in [-0.15, -0.1) is 0 Å². The van der Waals surface area contributed by atoms with E-state index in [9.17, 15) is 0 Å². The number of rotatable bonds is 12. The Hall–Kier alpha value is -0.120. The van der Waals surface area contributed by atoms with Gasteiger partial charge in [0.1, 0.15) is 0 Å². The van der Waals surface area contributed by atoms with Gasteiger partial charge in [0.2, 0.25) is 0 Å². The minimum atomic E-state index is 0.297. The SMILES string of the molecule is CCC(CC)N(CCOC)CC(C)(C)CNCC(C)C. The molecule has 0 saturated heterocycles. The molecule has 1 N–H and O–H groups in total. The van der Waals surface area contributed by atoms with Crippen molar-refractivity contribution in [2.24, 2.45) is 11.3 Å². The third kappa shape index (κ3) is 8.93. The van der Waals surface area contributed by atoms with Crippen LogP contribution in [0.15, 0.2) is 0 Å². The van der Waals surface area contributed by atoms with Crippen molar-refractivity contribution in [3.8, 4) is 0 Å². The zero-order valence-electron chi connectivity index (χ0n) is 15.0. The van der Waals surface area contributed by atoms with Crippen molar-refractivity contribution in [1.82, 2.24) is 10.2 Å². The van der Waals surface area contributed by atoms with Gasteiger partial charge in [-0.2, -0.15) is 0 Å². The third-order valence-corrected chi connectivity index (χ3v) is 3.83. The topological polar surface area (TPSA) is 24.5 Å². The molecule has 0 aromatic carbocycles. The molecule has 0 aliphatic carbocycles. The molecule has 3 heteroatoms. The van der Waals surface area contributed by atoms with Crippen LogP contribution in [0.5, 0.6) is 0 Å². The summed E-state index contributed by atoms with van der Waals surface area (Å²) in [5.74, 6) is 0.717. The van der Waals surface area contributed by atoms with Crippen LogP contribution >= 0.6 is 0 Å². The fraction of sp³-hybridized carbons (Fsp3) is 1.00. The van der Waals surface area contributed by atoms with Crippen molar-refractivity contribution in [3.05, 3.63) is 0 Å². The summed E-state index contributed by atoms with van der Waals surface area (Å²) in [6.45, 7) is 19.0. The maximum atomic E-state index is 5.28. The van der Waals surface area contributed by atoms with Gasteiger partial charge in [0.15, 0.2) is 0 Å². The normalized spacial score (nSPS) is 12.9. The van der Waals surface area contributed by atoms with Crippen LogP contribution in [-0.2, 0) is 4.74 Å². The number of ether oxygens (including phenoxy) is 1. The van der Waals surface area contributed by atoms with Crippen molar-refractivity contribution in [2.45, 2.75) is 60.4 Å². The smallest absolute Gasteiger partial charge is 0.0589 e. The minimum Gasteiger partial charge on any atom is -0.383 e. The highest BCUT2D eigenvalue weighted by Gasteiger charge is 2.25. The van der Waals surface area contributed by atoms with Crippen molar-refractivity contribution >= 4 is 0 Å². The van der Waals surface area contributed by atoms with E-state index in [0.29, 0.717) is 11.5 Å². The van der Waals surface area contributed by atoms with Crippen molar-refractivity contribution in [3.63, 3.8) is 0 Å². The van der Waals surface area contributed by atoms with Crippen LogP contribution in [0, 0.1) is 11.3 Å². The number of nitrogens with zero attached hydrogens (tertiary/aromatic N) is 1. The summed E-state index contributed by atoms with van der Waals surface area (Å²) in [7, 11) is 1.79. The zero-order valence-corrected chi connectivity index (χ0v) is 15.0. The second-order valence-corrected chi connectivity index (χ2v) is 7.12. The van der Waals surface area contributed by atoms with E-state index in [0.717, 1.165) is 38.7 Å². The predicted octanol–water partition coefficient (Wildman–Crippen LogP) is 3.40. The highest BCUT2D eigenvalue weighted by atomic mass is 16.5. The maximum Gasteiger partial charge on any atom is 0.0589 e. The van der Waals surface area contributed by atoms with Crippen LogP contribution in [0.2, 0.25) is 0 Å². The Morgan fingerprint density at radius 1 is 1.15 bits per heavy atom. The lowest BCUT2D eigenvalue weighted by Crippen LogP contribution is -2.46. The lowest BCUT2D eigenvalue weighted by Gasteiger charge is -2.37. The molecule has 0 rings (SSSR count). The Balaban J connectivity index is 4.43. The summed E-state index contributed by atoms with van der Waals surface area (Å²) in [6.07, 6.45) is 2.44. The number of methoxy groups -OCH3 is 1. The van der Waals surface area contributed by atoms with Crippen molar-refractivity contribution in [1.29, 1.82) is 0 Å². The second kappa shape index (κ2) is 10.6. The van der Waals surface area contributed by atoms with Gasteiger partial charge in [0.25, 0.3) is 0 Å². The molecule has 0 spiro atoms. The summed E-state index contributed by atoms with van der Waals surface area (Å²) in [5.41, 5.74) is 0.297. The lowest BCUT2D eigenvalue weighted by atomic mass is 9.91. The Labute approximate surface area is 127 Å². The van der Waals surface area contributed by atoms with E-state index in [-0.39, 0.29) is 0 Å².